The molecule has 0 N–H and O–H groups in total. The Morgan fingerprint density at radius 2 is 1.14 bits per heavy atom. The van der Waals surface area contributed by atoms with Gasteiger partial charge in [-0.05, 0) is 65.4 Å². The normalized spacial score (nSPS) is 12.0. The van der Waals surface area contributed by atoms with Crippen molar-refractivity contribution in [1.29, 1.82) is 0 Å². The molecule has 0 spiro atoms. The molecule has 4 nitrogen and oxygen atoms in total. The molecule has 0 fully saturated rings. The second kappa shape index (κ2) is 10.5. The summed E-state index contributed by atoms with van der Waals surface area (Å²) >= 11 is 1.73. The van der Waals surface area contributed by atoms with Crippen molar-refractivity contribution >= 4 is 104 Å². The first kappa shape index (κ1) is 27.5. The van der Waals surface area contributed by atoms with Crippen molar-refractivity contribution in [1.82, 2.24) is 4.98 Å². The summed E-state index contributed by atoms with van der Waals surface area (Å²) in [6.07, 6.45) is 0. The molecule has 5 heteroatoms. The largest absolute Gasteiger partial charge is 0.456 e. The molecule has 0 bridgehead atoms. The number of para-hydroxylation sites is 1. The van der Waals surface area contributed by atoms with E-state index in [2.05, 4.69) is 157 Å². The summed E-state index contributed by atoms with van der Waals surface area (Å²) in [5, 5.41) is 10.0. The second-order valence-corrected chi connectivity index (χ2v) is 13.8. The second-order valence-electron chi connectivity index (χ2n) is 12.7. The van der Waals surface area contributed by atoms with E-state index in [1.807, 2.05) is 6.07 Å². The summed E-state index contributed by atoms with van der Waals surface area (Å²) in [5.74, 6) is 0. The van der Waals surface area contributed by atoms with Crippen LogP contribution in [0.4, 0.5) is 17.1 Å². The summed E-state index contributed by atoms with van der Waals surface area (Å²) in [6, 6.07) is 55.3. The molecule has 0 amide bonds. The van der Waals surface area contributed by atoms with Gasteiger partial charge in [-0.1, -0.05) is 91.0 Å². The van der Waals surface area contributed by atoms with E-state index in [1.165, 1.54) is 20.9 Å². The van der Waals surface area contributed by atoms with Crippen LogP contribution in [0.25, 0.3) is 86.2 Å². The average Bonchev–Trinajstić information content (AvgIpc) is 3.88. The fourth-order valence-corrected chi connectivity index (χ4v) is 8.58. The number of hydrogen-bond acceptors (Lipinski definition) is 5. The van der Waals surface area contributed by atoms with Crippen molar-refractivity contribution < 1.29 is 8.83 Å². The Kier molecular flexibility index (Phi) is 5.80. The summed E-state index contributed by atoms with van der Waals surface area (Å²) < 4.78 is 14.4. The van der Waals surface area contributed by atoms with Crippen LogP contribution in [-0.4, -0.2) is 4.98 Å². The van der Waals surface area contributed by atoms with E-state index in [-0.39, 0.29) is 0 Å². The number of rotatable bonds is 4. The molecule has 234 valence electrons. The monoisotopic (exact) mass is 658 g/mol. The van der Waals surface area contributed by atoms with Gasteiger partial charge in [-0.3, -0.25) is 0 Å². The van der Waals surface area contributed by atoms with Gasteiger partial charge in [0, 0.05) is 67.1 Å². The molecular formula is C45H26N2O2S. The molecule has 0 unspecified atom stereocenters. The standard InChI is InChI=1S/C45H26N2O2S/c1-2-11-29(12-3-1)47(30-19-22-34-35-21-17-28-10-5-7-14-33(28)44(35)49-39(34)25-30)31-20-23-36-40(26-31)48-38-16-8-15-37(42(36)38)45-46-43-32-13-6-4-9-27(32)18-24-41(43)50-45/h1-26H. The number of thiazole rings is 1. The molecule has 50 heavy (non-hydrogen) atoms. The van der Waals surface area contributed by atoms with Gasteiger partial charge in [-0.25, -0.2) is 4.98 Å². The molecule has 11 aromatic rings. The van der Waals surface area contributed by atoms with Gasteiger partial charge >= 0.3 is 0 Å². The third-order valence-corrected chi connectivity index (χ3v) is 10.9. The highest BCUT2D eigenvalue weighted by Gasteiger charge is 2.20. The predicted molar refractivity (Wildman–Crippen MR) is 209 cm³/mol. The number of aromatic nitrogens is 1. The van der Waals surface area contributed by atoms with Crippen molar-refractivity contribution in [2.75, 3.05) is 4.90 Å². The van der Waals surface area contributed by atoms with Gasteiger partial charge in [0.2, 0.25) is 0 Å². The first-order chi connectivity index (χ1) is 24.8. The minimum atomic E-state index is 0.828. The fourth-order valence-electron chi connectivity index (χ4n) is 7.56. The van der Waals surface area contributed by atoms with Gasteiger partial charge < -0.3 is 13.7 Å². The molecule has 3 aromatic heterocycles. The van der Waals surface area contributed by atoms with Gasteiger partial charge in [0.15, 0.2) is 0 Å². The molecule has 0 aliphatic rings. The third kappa shape index (κ3) is 4.08. The zero-order valence-corrected chi connectivity index (χ0v) is 27.4. The van der Waals surface area contributed by atoms with Gasteiger partial charge in [0.25, 0.3) is 0 Å². The van der Waals surface area contributed by atoms with Crippen LogP contribution >= 0.6 is 11.3 Å². The van der Waals surface area contributed by atoms with Crippen molar-refractivity contribution in [3.8, 4) is 10.6 Å². The van der Waals surface area contributed by atoms with Crippen LogP contribution < -0.4 is 4.90 Å². The molecule has 0 saturated heterocycles. The highest BCUT2D eigenvalue weighted by molar-refractivity contribution is 7.21. The van der Waals surface area contributed by atoms with E-state index in [4.69, 9.17) is 13.8 Å². The lowest BCUT2D eigenvalue weighted by atomic mass is 10.0. The van der Waals surface area contributed by atoms with Crippen LogP contribution in [0.5, 0.6) is 0 Å². The number of benzene rings is 8. The van der Waals surface area contributed by atoms with E-state index in [1.54, 1.807) is 11.3 Å². The van der Waals surface area contributed by atoms with Crippen LogP contribution in [0.1, 0.15) is 0 Å². The summed E-state index contributed by atoms with van der Waals surface area (Å²) in [7, 11) is 0. The lowest BCUT2D eigenvalue weighted by Crippen LogP contribution is -2.09. The number of nitrogens with zero attached hydrogens (tertiary/aromatic N) is 2. The molecule has 3 heterocycles. The van der Waals surface area contributed by atoms with Crippen LogP contribution in [0.2, 0.25) is 0 Å². The molecule has 0 radical (unpaired) electrons. The predicted octanol–water partition coefficient (Wildman–Crippen LogP) is 13.5. The Labute approximate surface area is 290 Å². The topological polar surface area (TPSA) is 42.4 Å². The number of furan rings is 2. The van der Waals surface area contributed by atoms with Gasteiger partial charge in [-0.15, -0.1) is 11.3 Å². The number of fused-ring (bicyclic) bond motifs is 11. The molecule has 8 aromatic carbocycles. The Hall–Kier alpha value is -6.43. The quantitative estimate of drug-likeness (QED) is 0.189. The molecule has 0 aliphatic carbocycles. The number of hydrogen-bond donors (Lipinski definition) is 0. The first-order valence-electron chi connectivity index (χ1n) is 16.7. The third-order valence-electron chi connectivity index (χ3n) is 9.87. The van der Waals surface area contributed by atoms with E-state index in [0.717, 1.165) is 82.4 Å². The van der Waals surface area contributed by atoms with Crippen LogP contribution in [-0.2, 0) is 0 Å². The Morgan fingerprint density at radius 1 is 0.460 bits per heavy atom. The Balaban J connectivity index is 1.07. The highest BCUT2D eigenvalue weighted by Crippen LogP contribution is 2.44. The lowest BCUT2D eigenvalue weighted by Gasteiger charge is -2.25. The highest BCUT2D eigenvalue weighted by atomic mass is 32.1. The first-order valence-corrected chi connectivity index (χ1v) is 17.5. The summed E-state index contributed by atoms with van der Waals surface area (Å²) in [4.78, 5) is 7.45. The van der Waals surface area contributed by atoms with E-state index in [0.29, 0.717) is 0 Å². The van der Waals surface area contributed by atoms with Crippen LogP contribution in [0.3, 0.4) is 0 Å². The lowest BCUT2D eigenvalue weighted by molar-refractivity contribution is 0.669. The molecule has 11 rings (SSSR count). The smallest absolute Gasteiger partial charge is 0.143 e. The molecule has 0 atom stereocenters. The van der Waals surface area contributed by atoms with Gasteiger partial charge in [0.05, 0.1) is 10.2 Å². The van der Waals surface area contributed by atoms with E-state index >= 15 is 0 Å². The van der Waals surface area contributed by atoms with E-state index in [9.17, 15) is 0 Å². The molecular weight excluding hydrogens is 633 g/mol. The maximum atomic E-state index is 6.60. The van der Waals surface area contributed by atoms with Gasteiger partial charge in [0.1, 0.15) is 27.3 Å². The minimum absolute atomic E-state index is 0.828. The SMILES string of the molecule is c1ccc(N(c2ccc3c(c2)oc2c4ccccc4ccc32)c2ccc3c(c2)oc2cccc(-c4nc5c(ccc6ccccc65)s4)c23)cc1. The summed E-state index contributed by atoms with van der Waals surface area (Å²) in [5.41, 5.74) is 8.63. The maximum absolute atomic E-state index is 6.60. The van der Waals surface area contributed by atoms with Crippen LogP contribution in [0, 0.1) is 0 Å². The van der Waals surface area contributed by atoms with Crippen LogP contribution in [0.15, 0.2) is 167 Å². The maximum Gasteiger partial charge on any atom is 0.143 e. The van der Waals surface area contributed by atoms with E-state index < -0.39 is 0 Å². The van der Waals surface area contributed by atoms with Gasteiger partial charge in [-0.2, -0.15) is 0 Å². The summed E-state index contributed by atoms with van der Waals surface area (Å²) in [6.45, 7) is 0. The minimum Gasteiger partial charge on any atom is -0.456 e. The Bertz CT molecular complexity index is 3120. The molecule has 0 saturated carbocycles. The average molecular weight is 659 g/mol. The molecule has 0 aliphatic heterocycles. The van der Waals surface area contributed by atoms with Crippen molar-refractivity contribution in [2.24, 2.45) is 0 Å². The van der Waals surface area contributed by atoms with Crippen molar-refractivity contribution in [2.45, 2.75) is 0 Å². The fraction of sp³-hybridized carbons (Fsp3) is 0. The zero-order chi connectivity index (χ0) is 32.8. The Morgan fingerprint density at radius 3 is 1.98 bits per heavy atom. The van der Waals surface area contributed by atoms with Crippen molar-refractivity contribution in [3.63, 3.8) is 0 Å². The van der Waals surface area contributed by atoms with Crippen molar-refractivity contribution in [3.05, 3.63) is 158 Å². The zero-order valence-electron chi connectivity index (χ0n) is 26.6. The number of anilines is 3.